The molecular formula is C23H25IN6O4S. The highest BCUT2D eigenvalue weighted by Crippen LogP contribution is 2.40. The van der Waals surface area contributed by atoms with Crippen LogP contribution >= 0.6 is 34.4 Å². The van der Waals surface area contributed by atoms with Crippen molar-refractivity contribution in [2.75, 3.05) is 25.5 Å². The Labute approximate surface area is 220 Å². The second-order valence-electron chi connectivity index (χ2n) is 8.17. The van der Waals surface area contributed by atoms with Crippen LogP contribution in [0.3, 0.4) is 0 Å². The zero-order valence-corrected chi connectivity index (χ0v) is 22.3. The molecule has 2 aliphatic heterocycles. The van der Waals surface area contributed by atoms with Crippen LogP contribution in [0.1, 0.15) is 25.8 Å². The average Bonchev–Trinajstić information content (AvgIpc) is 3.19. The largest absolute Gasteiger partial charge is 0.486 e. The quantitative estimate of drug-likeness (QED) is 0.286. The van der Waals surface area contributed by atoms with E-state index in [2.05, 4.69) is 51.7 Å². The molecule has 3 N–H and O–H groups in total. The number of imidazole rings is 1. The van der Waals surface area contributed by atoms with E-state index in [-0.39, 0.29) is 0 Å². The Balaban J connectivity index is 1.37. The maximum Gasteiger partial charge on any atom is 0.203 e. The van der Waals surface area contributed by atoms with Gasteiger partial charge in [-0.05, 0) is 59.5 Å². The lowest BCUT2D eigenvalue weighted by molar-refractivity contribution is 0.171. The number of aryl methyl sites for hydroxylation is 1. The Hall–Kier alpha value is -2.71. The molecule has 0 aliphatic carbocycles. The van der Waals surface area contributed by atoms with E-state index < -0.39 is 0 Å². The van der Waals surface area contributed by atoms with Gasteiger partial charge in [0, 0.05) is 21.7 Å². The Kier molecular flexibility index (Phi) is 7.20. The van der Waals surface area contributed by atoms with Crippen LogP contribution in [0, 0.1) is 3.57 Å². The van der Waals surface area contributed by atoms with Crippen LogP contribution in [0.25, 0.3) is 16.9 Å². The number of nitrogens with zero attached hydrogens (tertiary/aromatic N) is 4. The van der Waals surface area contributed by atoms with Crippen molar-refractivity contribution < 1.29 is 18.9 Å². The molecular weight excluding hydrogens is 583 g/mol. The lowest BCUT2D eigenvalue weighted by Gasteiger charge is -2.22. The van der Waals surface area contributed by atoms with Crippen molar-refractivity contribution in [3.05, 3.63) is 45.2 Å². The Bertz CT molecular complexity index is 1310. The minimum Gasteiger partial charge on any atom is -0.486 e. The lowest BCUT2D eigenvalue weighted by Crippen LogP contribution is -2.24. The van der Waals surface area contributed by atoms with Crippen LogP contribution in [0.2, 0.25) is 0 Å². The topological polar surface area (TPSA) is 119 Å². The number of nitrogens with two attached hydrogens (primary N) is 1. The number of fused-ring (bicyclic) bond motifs is 2. The molecule has 12 heteroatoms. The molecule has 2 aliphatic rings. The summed E-state index contributed by atoms with van der Waals surface area (Å²) < 4.78 is 26.3. The molecule has 0 saturated heterocycles. The fraction of sp³-hybridized carbons (Fsp3) is 0.348. The number of thioether (sulfide) groups is 1. The molecule has 0 radical (unpaired) electrons. The number of rotatable bonds is 8. The van der Waals surface area contributed by atoms with Gasteiger partial charge in [-0.1, -0.05) is 13.8 Å². The highest BCUT2D eigenvalue weighted by molar-refractivity contribution is 14.1. The number of hydrogen-bond donors (Lipinski definition) is 2. The molecule has 3 aromatic rings. The fourth-order valence-corrected chi connectivity index (χ4v) is 5.20. The highest BCUT2D eigenvalue weighted by Gasteiger charge is 2.23. The molecule has 0 atom stereocenters. The van der Waals surface area contributed by atoms with Gasteiger partial charge in [-0.15, -0.1) is 0 Å². The van der Waals surface area contributed by atoms with Crippen molar-refractivity contribution in [2.24, 2.45) is 0 Å². The van der Waals surface area contributed by atoms with Gasteiger partial charge in [0.1, 0.15) is 32.1 Å². The molecule has 2 aromatic heterocycles. The molecule has 0 bridgehead atoms. The number of anilines is 1. The Morgan fingerprint density at radius 3 is 2.77 bits per heavy atom. The Morgan fingerprint density at radius 1 is 1.17 bits per heavy atom. The van der Waals surface area contributed by atoms with Gasteiger partial charge in [0.2, 0.25) is 5.09 Å². The third-order valence-electron chi connectivity index (χ3n) is 5.28. The molecule has 4 heterocycles. The minimum atomic E-state index is 0.345. The monoisotopic (exact) mass is 608 g/mol. The summed E-state index contributed by atoms with van der Waals surface area (Å²) in [5.74, 6) is 2.33. The van der Waals surface area contributed by atoms with Crippen molar-refractivity contribution in [3.63, 3.8) is 0 Å². The van der Waals surface area contributed by atoms with Gasteiger partial charge in [-0.25, -0.2) is 15.0 Å². The first-order valence-corrected chi connectivity index (χ1v) is 13.1. The van der Waals surface area contributed by atoms with Gasteiger partial charge in [0.15, 0.2) is 39.4 Å². The summed E-state index contributed by atoms with van der Waals surface area (Å²) in [6, 6.07) is 4.27. The van der Waals surface area contributed by atoms with Gasteiger partial charge >= 0.3 is 0 Å². The molecule has 1 aromatic carbocycles. The lowest BCUT2D eigenvalue weighted by atomic mass is 10.1. The molecule has 35 heavy (non-hydrogen) atoms. The van der Waals surface area contributed by atoms with Crippen molar-refractivity contribution in [1.29, 1.82) is 0 Å². The van der Waals surface area contributed by atoms with E-state index in [1.807, 2.05) is 16.7 Å². The van der Waals surface area contributed by atoms with E-state index >= 15 is 0 Å². The standard InChI is InChI=1S/C23H25IN6O4S/c1-13(2)26-4-3-5-30-22-20(21(25)27-12-28-22)29-23(30)35-19-11-31-10-18(34-19)14-8-16-17(9-15(14)24)33-7-6-32-16/h8-13,26H,3-7H2,1-2H3,(H2,25,27,28). The van der Waals surface area contributed by atoms with E-state index in [0.717, 1.165) is 27.8 Å². The summed E-state index contributed by atoms with van der Waals surface area (Å²) in [6.45, 7) is 6.90. The van der Waals surface area contributed by atoms with Gasteiger partial charge in [0.05, 0.1) is 0 Å². The molecule has 0 amide bonds. The number of nitrogens with one attached hydrogen (secondary N) is 1. The molecule has 0 unspecified atom stereocenters. The molecule has 0 fully saturated rings. The number of aromatic nitrogens is 4. The Morgan fingerprint density at radius 2 is 1.97 bits per heavy atom. The summed E-state index contributed by atoms with van der Waals surface area (Å²) in [5.41, 5.74) is 8.20. The fourth-order valence-electron chi connectivity index (χ4n) is 3.66. The van der Waals surface area contributed by atoms with Crippen LogP contribution in [-0.4, -0.2) is 45.3 Å². The minimum absolute atomic E-state index is 0.345. The first kappa shape index (κ1) is 24.0. The van der Waals surface area contributed by atoms with Crippen LogP contribution in [0.4, 0.5) is 5.82 Å². The van der Waals surface area contributed by atoms with E-state index in [4.69, 9.17) is 29.7 Å². The first-order chi connectivity index (χ1) is 17.0. The summed E-state index contributed by atoms with van der Waals surface area (Å²) in [4.78, 5) is 13.2. The number of benzene rings is 1. The number of nitrogen functional groups attached to an aromatic ring is 1. The van der Waals surface area contributed by atoms with Gasteiger partial charge < -0.3 is 34.6 Å². The predicted molar refractivity (Wildman–Crippen MR) is 142 cm³/mol. The SMILES string of the molecule is CC(C)NCCCn1c(SC2=COC=C(c3cc4c(cc3I)OCCO4)O2)nc2c(N)ncnc21. The van der Waals surface area contributed by atoms with Crippen molar-refractivity contribution in [1.82, 2.24) is 24.8 Å². The highest BCUT2D eigenvalue weighted by atomic mass is 127. The van der Waals surface area contributed by atoms with E-state index in [1.165, 1.54) is 18.1 Å². The molecule has 0 saturated carbocycles. The van der Waals surface area contributed by atoms with Gasteiger partial charge in [-0.3, -0.25) is 0 Å². The molecule has 184 valence electrons. The maximum absolute atomic E-state index is 6.21. The number of ether oxygens (including phenoxy) is 4. The van der Waals surface area contributed by atoms with Crippen molar-refractivity contribution in [2.45, 2.75) is 38.0 Å². The summed E-state index contributed by atoms with van der Waals surface area (Å²) in [7, 11) is 0. The van der Waals surface area contributed by atoms with E-state index in [0.29, 0.717) is 64.5 Å². The smallest absolute Gasteiger partial charge is 0.203 e. The van der Waals surface area contributed by atoms with Gasteiger partial charge in [-0.2, -0.15) is 0 Å². The van der Waals surface area contributed by atoms with Crippen LogP contribution in [-0.2, 0) is 16.0 Å². The molecule has 5 rings (SSSR count). The second kappa shape index (κ2) is 10.5. The summed E-state index contributed by atoms with van der Waals surface area (Å²) in [5, 5.41) is 4.67. The number of halogens is 1. The second-order valence-corrected chi connectivity index (χ2v) is 10.3. The summed E-state index contributed by atoms with van der Waals surface area (Å²) >= 11 is 3.60. The van der Waals surface area contributed by atoms with Crippen molar-refractivity contribution >= 4 is 57.1 Å². The normalized spacial score (nSPS) is 15.0. The van der Waals surface area contributed by atoms with Crippen LogP contribution in [0.5, 0.6) is 11.5 Å². The van der Waals surface area contributed by atoms with E-state index in [1.54, 1.807) is 12.5 Å². The number of hydrogen-bond acceptors (Lipinski definition) is 10. The predicted octanol–water partition coefficient (Wildman–Crippen LogP) is 4.11. The summed E-state index contributed by atoms with van der Waals surface area (Å²) in [6.07, 6.45) is 5.48. The molecule has 10 nitrogen and oxygen atoms in total. The average molecular weight is 608 g/mol. The maximum atomic E-state index is 6.21. The zero-order chi connectivity index (χ0) is 24.4. The van der Waals surface area contributed by atoms with Crippen LogP contribution in [0.15, 0.2) is 41.2 Å². The third-order valence-corrected chi connectivity index (χ3v) is 7.04. The van der Waals surface area contributed by atoms with Crippen molar-refractivity contribution in [3.8, 4) is 11.5 Å². The zero-order valence-electron chi connectivity index (χ0n) is 19.3. The van der Waals surface area contributed by atoms with Crippen LogP contribution < -0.4 is 20.5 Å². The van der Waals surface area contributed by atoms with Gasteiger partial charge in [0.25, 0.3) is 0 Å². The first-order valence-electron chi connectivity index (χ1n) is 11.2. The third kappa shape index (κ3) is 5.28. The molecule has 0 spiro atoms. The van der Waals surface area contributed by atoms with E-state index in [9.17, 15) is 0 Å².